The summed E-state index contributed by atoms with van der Waals surface area (Å²) in [7, 11) is 0. The summed E-state index contributed by atoms with van der Waals surface area (Å²) in [4.78, 5) is 23.0. The molecular formula is C17H19NO3. The fourth-order valence-electron chi connectivity index (χ4n) is 2.04. The van der Waals surface area contributed by atoms with Crippen LogP contribution in [0.25, 0.3) is 0 Å². The molecule has 21 heavy (non-hydrogen) atoms. The normalized spacial score (nSPS) is 10.3. The molecular weight excluding hydrogens is 266 g/mol. The Morgan fingerprint density at radius 3 is 2.67 bits per heavy atom. The van der Waals surface area contributed by atoms with Crippen molar-refractivity contribution in [1.82, 2.24) is 4.57 Å². The molecule has 4 heteroatoms. The van der Waals surface area contributed by atoms with Crippen molar-refractivity contribution >= 4 is 6.29 Å². The summed E-state index contributed by atoms with van der Waals surface area (Å²) in [6.07, 6.45) is 4.30. The van der Waals surface area contributed by atoms with Crippen molar-refractivity contribution in [3.63, 3.8) is 0 Å². The maximum Gasteiger partial charge on any atom is 0.224 e. The van der Waals surface area contributed by atoms with Gasteiger partial charge in [0.05, 0.1) is 11.9 Å². The van der Waals surface area contributed by atoms with Crippen molar-refractivity contribution in [3.8, 4) is 5.75 Å². The number of unbranched alkanes of at least 4 members (excludes halogenated alkanes) is 1. The summed E-state index contributed by atoms with van der Waals surface area (Å²) in [5.41, 5.74) is 1.12. The maximum atomic E-state index is 11.9. The van der Waals surface area contributed by atoms with E-state index in [1.807, 2.05) is 30.3 Å². The van der Waals surface area contributed by atoms with Gasteiger partial charge in [0.1, 0.15) is 6.61 Å². The Balaban J connectivity index is 2.18. The first-order valence-electron chi connectivity index (χ1n) is 7.11. The number of nitrogens with zero attached hydrogens (tertiary/aromatic N) is 1. The van der Waals surface area contributed by atoms with Crippen LogP contribution in [0.3, 0.4) is 0 Å². The molecule has 1 heterocycles. The standard InChI is InChI=1S/C17H19NO3/c1-2-3-9-18-11-17(16(20)10-15(18)12-19)21-13-14-7-5-4-6-8-14/h4-8,10-12H,2-3,9,13H2,1H3. The second-order valence-electron chi connectivity index (χ2n) is 4.87. The van der Waals surface area contributed by atoms with Crippen LogP contribution in [0.2, 0.25) is 0 Å². The number of aromatic nitrogens is 1. The highest BCUT2D eigenvalue weighted by Crippen LogP contribution is 2.10. The van der Waals surface area contributed by atoms with Gasteiger partial charge in [0.25, 0.3) is 0 Å². The zero-order chi connectivity index (χ0) is 15.1. The van der Waals surface area contributed by atoms with Crippen molar-refractivity contribution < 1.29 is 9.53 Å². The lowest BCUT2D eigenvalue weighted by molar-refractivity contribution is 0.111. The molecule has 0 fully saturated rings. The molecule has 0 amide bonds. The number of benzene rings is 1. The van der Waals surface area contributed by atoms with Crippen molar-refractivity contribution in [3.05, 3.63) is 64.1 Å². The second kappa shape index (κ2) is 7.43. The first-order valence-corrected chi connectivity index (χ1v) is 7.11. The number of ether oxygens (including phenoxy) is 1. The van der Waals surface area contributed by atoms with Crippen molar-refractivity contribution in [1.29, 1.82) is 0 Å². The summed E-state index contributed by atoms with van der Waals surface area (Å²) in [5, 5.41) is 0. The molecule has 4 nitrogen and oxygen atoms in total. The van der Waals surface area contributed by atoms with E-state index >= 15 is 0 Å². The zero-order valence-electron chi connectivity index (χ0n) is 12.1. The SMILES string of the molecule is CCCCn1cc(OCc2ccccc2)c(=O)cc1C=O. The molecule has 2 rings (SSSR count). The molecule has 0 spiro atoms. The maximum absolute atomic E-state index is 11.9. The van der Waals surface area contributed by atoms with Crippen LogP contribution in [0.4, 0.5) is 0 Å². The minimum Gasteiger partial charge on any atom is -0.483 e. The lowest BCUT2D eigenvalue weighted by Gasteiger charge is -2.12. The highest BCUT2D eigenvalue weighted by atomic mass is 16.5. The minimum absolute atomic E-state index is 0.263. The molecule has 0 aliphatic rings. The van der Waals surface area contributed by atoms with Crippen LogP contribution in [-0.4, -0.2) is 10.9 Å². The van der Waals surface area contributed by atoms with E-state index in [9.17, 15) is 9.59 Å². The lowest BCUT2D eigenvalue weighted by Crippen LogP contribution is -2.15. The van der Waals surface area contributed by atoms with Gasteiger partial charge in [-0.25, -0.2) is 0 Å². The van der Waals surface area contributed by atoms with Gasteiger partial charge in [-0.05, 0) is 12.0 Å². The van der Waals surface area contributed by atoms with Crippen LogP contribution < -0.4 is 10.2 Å². The average molecular weight is 285 g/mol. The molecule has 0 aliphatic heterocycles. The molecule has 0 saturated heterocycles. The number of carbonyl (C=O) groups is 1. The quantitative estimate of drug-likeness (QED) is 0.735. The molecule has 0 aliphatic carbocycles. The Morgan fingerprint density at radius 2 is 2.00 bits per heavy atom. The van der Waals surface area contributed by atoms with Crippen molar-refractivity contribution in [2.24, 2.45) is 0 Å². The molecule has 0 bridgehead atoms. The van der Waals surface area contributed by atoms with Crippen molar-refractivity contribution in [2.45, 2.75) is 32.9 Å². The van der Waals surface area contributed by atoms with Gasteiger partial charge in [0.2, 0.25) is 5.43 Å². The number of rotatable bonds is 7. The summed E-state index contributed by atoms with van der Waals surface area (Å²) >= 11 is 0. The first kappa shape index (κ1) is 15.0. The topological polar surface area (TPSA) is 48.3 Å². The van der Waals surface area contributed by atoms with E-state index in [4.69, 9.17) is 4.74 Å². The van der Waals surface area contributed by atoms with E-state index in [-0.39, 0.29) is 11.2 Å². The molecule has 2 aromatic rings. The molecule has 1 aromatic heterocycles. The number of hydrogen-bond donors (Lipinski definition) is 0. The van der Waals surface area contributed by atoms with E-state index in [0.717, 1.165) is 18.4 Å². The number of carbonyl (C=O) groups excluding carboxylic acids is 1. The van der Waals surface area contributed by atoms with Crippen LogP contribution in [0.15, 0.2) is 47.4 Å². The predicted octanol–water partition coefficient (Wildman–Crippen LogP) is 3.04. The third-order valence-electron chi connectivity index (χ3n) is 3.24. The third-order valence-corrected chi connectivity index (χ3v) is 3.24. The number of aldehydes is 1. The summed E-state index contributed by atoms with van der Waals surface area (Å²) < 4.78 is 7.37. The van der Waals surface area contributed by atoms with E-state index in [0.29, 0.717) is 25.1 Å². The summed E-state index contributed by atoms with van der Waals surface area (Å²) in [6.45, 7) is 3.12. The van der Waals surface area contributed by atoms with Gasteiger partial charge in [-0.1, -0.05) is 43.7 Å². The number of pyridine rings is 1. The molecule has 0 unspecified atom stereocenters. The second-order valence-corrected chi connectivity index (χ2v) is 4.87. The molecule has 0 atom stereocenters. The Bertz CT molecular complexity index is 647. The number of aryl methyl sites for hydroxylation is 1. The van der Waals surface area contributed by atoms with E-state index in [2.05, 4.69) is 6.92 Å². The Labute approximate surface area is 124 Å². The van der Waals surface area contributed by atoms with Gasteiger partial charge in [0.15, 0.2) is 12.0 Å². The van der Waals surface area contributed by atoms with E-state index in [1.165, 1.54) is 6.07 Å². The van der Waals surface area contributed by atoms with E-state index < -0.39 is 0 Å². The highest BCUT2D eigenvalue weighted by Gasteiger charge is 2.07. The average Bonchev–Trinajstić information content (AvgIpc) is 2.53. The summed E-state index contributed by atoms with van der Waals surface area (Å²) in [6, 6.07) is 11.0. The van der Waals surface area contributed by atoms with Crippen LogP contribution in [-0.2, 0) is 13.2 Å². The van der Waals surface area contributed by atoms with Gasteiger partial charge < -0.3 is 9.30 Å². The Morgan fingerprint density at radius 1 is 1.24 bits per heavy atom. The van der Waals surface area contributed by atoms with Gasteiger partial charge in [-0.3, -0.25) is 9.59 Å². The van der Waals surface area contributed by atoms with Gasteiger partial charge in [-0.15, -0.1) is 0 Å². The van der Waals surface area contributed by atoms with Crippen LogP contribution >= 0.6 is 0 Å². The largest absolute Gasteiger partial charge is 0.483 e. The lowest BCUT2D eigenvalue weighted by atomic mass is 10.2. The van der Waals surface area contributed by atoms with Crippen LogP contribution in [0, 0.1) is 0 Å². The smallest absolute Gasteiger partial charge is 0.224 e. The fraction of sp³-hybridized carbons (Fsp3) is 0.294. The van der Waals surface area contributed by atoms with Gasteiger partial charge in [-0.2, -0.15) is 0 Å². The molecule has 1 aromatic carbocycles. The molecule has 0 radical (unpaired) electrons. The fourth-order valence-corrected chi connectivity index (χ4v) is 2.04. The first-order chi connectivity index (χ1) is 10.2. The summed E-state index contributed by atoms with van der Waals surface area (Å²) in [5.74, 6) is 0.278. The highest BCUT2D eigenvalue weighted by molar-refractivity contribution is 5.72. The predicted molar refractivity (Wildman–Crippen MR) is 81.8 cm³/mol. The Kier molecular flexibility index (Phi) is 5.32. The Hall–Kier alpha value is -2.36. The van der Waals surface area contributed by atoms with Crippen LogP contribution in [0.5, 0.6) is 5.75 Å². The monoisotopic (exact) mass is 285 g/mol. The van der Waals surface area contributed by atoms with Crippen LogP contribution in [0.1, 0.15) is 35.8 Å². The van der Waals surface area contributed by atoms with Crippen molar-refractivity contribution in [2.75, 3.05) is 0 Å². The molecule has 110 valence electrons. The number of hydrogen-bond acceptors (Lipinski definition) is 3. The van der Waals surface area contributed by atoms with Gasteiger partial charge >= 0.3 is 0 Å². The zero-order valence-corrected chi connectivity index (χ0v) is 12.1. The minimum atomic E-state index is -0.263. The molecule has 0 N–H and O–H groups in total. The van der Waals surface area contributed by atoms with E-state index in [1.54, 1.807) is 10.8 Å². The third kappa shape index (κ3) is 4.05. The van der Waals surface area contributed by atoms with Gasteiger partial charge in [0, 0.05) is 12.6 Å². The molecule has 0 saturated carbocycles.